The average molecular weight is 257 g/mol. The van der Waals surface area contributed by atoms with Crippen LogP contribution in [0.1, 0.15) is 6.92 Å². The summed E-state index contributed by atoms with van der Waals surface area (Å²) in [6.45, 7) is 4.98. The van der Waals surface area contributed by atoms with Gasteiger partial charge in [0.25, 0.3) is 5.91 Å². The van der Waals surface area contributed by atoms with Gasteiger partial charge in [-0.1, -0.05) is 0 Å². The monoisotopic (exact) mass is 257 g/mol. The minimum Gasteiger partial charge on any atom is -0.372 e. The third kappa shape index (κ3) is 3.96. The molecule has 1 atom stereocenters. The van der Waals surface area contributed by atoms with Crippen LogP contribution in [0.4, 0.5) is 0 Å². The summed E-state index contributed by atoms with van der Waals surface area (Å²) in [5.74, 6) is 0.121. The van der Waals surface area contributed by atoms with Crippen LogP contribution >= 0.6 is 0 Å². The molecule has 1 rings (SSSR count). The van der Waals surface area contributed by atoms with Crippen LogP contribution in [-0.2, 0) is 14.3 Å². The van der Waals surface area contributed by atoms with Crippen molar-refractivity contribution in [2.24, 2.45) is 0 Å². The minimum absolute atomic E-state index is 0.0242. The van der Waals surface area contributed by atoms with Gasteiger partial charge in [0.2, 0.25) is 5.91 Å². The zero-order valence-corrected chi connectivity index (χ0v) is 11.7. The Kier molecular flexibility index (Phi) is 5.55. The van der Waals surface area contributed by atoms with Crippen LogP contribution in [0.5, 0.6) is 0 Å². The fourth-order valence-electron chi connectivity index (χ4n) is 1.82. The molecule has 1 aliphatic heterocycles. The standard InChI is InChI=1S/C12H23N3O3/c1-10(18-4)12(17)15-7-5-14(6-8-15)9-11(16)13(2)3/h10H,5-9H2,1-4H3. The Balaban J connectivity index is 2.37. The molecule has 0 spiro atoms. The molecule has 18 heavy (non-hydrogen) atoms. The molecule has 1 saturated heterocycles. The van der Waals surface area contributed by atoms with Crippen LogP contribution in [0.3, 0.4) is 0 Å². The van der Waals surface area contributed by atoms with Crippen molar-refractivity contribution in [3.63, 3.8) is 0 Å². The summed E-state index contributed by atoms with van der Waals surface area (Å²) < 4.78 is 5.02. The zero-order chi connectivity index (χ0) is 13.7. The third-order valence-corrected chi connectivity index (χ3v) is 3.24. The Hall–Kier alpha value is -1.14. The van der Waals surface area contributed by atoms with Crippen LogP contribution in [0.25, 0.3) is 0 Å². The van der Waals surface area contributed by atoms with E-state index in [9.17, 15) is 9.59 Å². The summed E-state index contributed by atoms with van der Waals surface area (Å²) >= 11 is 0. The number of hydrogen-bond donors (Lipinski definition) is 0. The molecule has 1 aliphatic rings. The minimum atomic E-state index is -0.389. The number of rotatable bonds is 4. The predicted octanol–water partition coefficient (Wildman–Crippen LogP) is -0.746. The molecule has 0 bridgehead atoms. The first-order valence-electron chi connectivity index (χ1n) is 6.19. The van der Waals surface area contributed by atoms with Gasteiger partial charge >= 0.3 is 0 Å². The van der Waals surface area contributed by atoms with Gasteiger partial charge in [0.1, 0.15) is 6.10 Å². The van der Waals surface area contributed by atoms with E-state index in [2.05, 4.69) is 4.90 Å². The summed E-state index contributed by atoms with van der Waals surface area (Å²) in [4.78, 5) is 28.9. The van der Waals surface area contributed by atoms with Gasteiger partial charge in [-0.15, -0.1) is 0 Å². The number of ether oxygens (including phenoxy) is 1. The highest BCUT2D eigenvalue weighted by Crippen LogP contribution is 2.05. The Morgan fingerprint density at radius 2 is 1.78 bits per heavy atom. The van der Waals surface area contributed by atoms with Crippen molar-refractivity contribution in [1.82, 2.24) is 14.7 Å². The van der Waals surface area contributed by atoms with E-state index >= 15 is 0 Å². The van der Waals surface area contributed by atoms with Crippen LogP contribution in [0, 0.1) is 0 Å². The Morgan fingerprint density at radius 1 is 1.22 bits per heavy atom. The topological polar surface area (TPSA) is 53.1 Å². The Labute approximate surface area is 108 Å². The van der Waals surface area contributed by atoms with E-state index in [-0.39, 0.29) is 17.9 Å². The molecule has 2 amide bonds. The Morgan fingerprint density at radius 3 is 2.22 bits per heavy atom. The third-order valence-electron chi connectivity index (χ3n) is 3.24. The molecule has 1 unspecified atom stereocenters. The van der Waals surface area contributed by atoms with Gasteiger partial charge in [0, 0.05) is 47.4 Å². The fourth-order valence-corrected chi connectivity index (χ4v) is 1.82. The molecule has 6 nitrogen and oxygen atoms in total. The van der Waals surface area contributed by atoms with Gasteiger partial charge in [-0.25, -0.2) is 0 Å². The van der Waals surface area contributed by atoms with Gasteiger partial charge < -0.3 is 14.5 Å². The van der Waals surface area contributed by atoms with E-state index in [0.29, 0.717) is 19.6 Å². The first kappa shape index (κ1) is 14.9. The van der Waals surface area contributed by atoms with E-state index in [4.69, 9.17) is 4.74 Å². The molecule has 0 aromatic rings. The number of amides is 2. The molecule has 0 N–H and O–H groups in total. The van der Waals surface area contributed by atoms with E-state index in [0.717, 1.165) is 13.1 Å². The highest BCUT2D eigenvalue weighted by molar-refractivity contribution is 5.80. The first-order chi connectivity index (χ1) is 8.45. The van der Waals surface area contributed by atoms with Crippen LogP contribution < -0.4 is 0 Å². The molecule has 104 valence electrons. The number of hydrogen-bond acceptors (Lipinski definition) is 4. The maximum atomic E-state index is 11.9. The molecule has 0 aromatic carbocycles. The largest absolute Gasteiger partial charge is 0.372 e. The molecular formula is C12H23N3O3. The van der Waals surface area contributed by atoms with Gasteiger partial charge in [-0.05, 0) is 6.92 Å². The number of piperazine rings is 1. The summed E-state index contributed by atoms with van der Waals surface area (Å²) in [7, 11) is 5.04. The van der Waals surface area contributed by atoms with Gasteiger partial charge in [-0.2, -0.15) is 0 Å². The summed E-state index contributed by atoms with van der Waals surface area (Å²) in [5, 5.41) is 0. The van der Waals surface area contributed by atoms with Crippen molar-refractivity contribution in [2.45, 2.75) is 13.0 Å². The summed E-state index contributed by atoms with van der Waals surface area (Å²) in [6.07, 6.45) is -0.389. The molecule has 0 aromatic heterocycles. The van der Waals surface area contributed by atoms with E-state index in [1.54, 1.807) is 30.8 Å². The molecule has 0 radical (unpaired) electrons. The van der Waals surface area contributed by atoms with E-state index in [1.807, 2.05) is 0 Å². The lowest BCUT2D eigenvalue weighted by atomic mass is 10.2. The molecule has 6 heteroatoms. The van der Waals surface area contributed by atoms with Crippen molar-refractivity contribution in [1.29, 1.82) is 0 Å². The lowest BCUT2D eigenvalue weighted by Gasteiger charge is -2.35. The smallest absolute Gasteiger partial charge is 0.251 e. The molecular weight excluding hydrogens is 234 g/mol. The maximum absolute atomic E-state index is 11.9. The lowest BCUT2D eigenvalue weighted by Crippen LogP contribution is -2.52. The van der Waals surface area contributed by atoms with Crippen LogP contribution in [0.2, 0.25) is 0 Å². The number of carbonyl (C=O) groups excluding carboxylic acids is 2. The number of likely N-dealkylation sites (N-methyl/N-ethyl adjacent to an activating group) is 1. The molecule has 1 fully saturated rings. The summed E-state index contributed by atoms with van der Waals surface area (Å²) in [6, 6.07) is 0. The number of nitrogens with zero attached hydrogens (tertiary/aromatic N) is 3. The second-order valence-corrected chi connectivity index (χ2v) is 4.77. The SMILES string of the molecule is COC(C)C(=O)N1CCN(CC(=O)N(C)C)CC1. The van der Waals surface area contributed by atoms with Crippen molar-refractivity contribution < 1.29 is 14.3 Å². The zero-order valence-electron chi connectivity index (χ0n) is 11.7. The van der Waals surface area contributed by atoms with Gasteiger partial charge in [0.05, 0.1) is 6.54 Å². The highest BCUT2D eigenvalue weighted by Gasteiger charge is 2.25. The normalized spacial score (nSPS) is 18.6. The molecule has 0 saturated carbocycles. The van der Waals surface area contributed by atoms with Crippen LogP contribution in [-0.4, -0.2) is 86.5 Å². The van der Waals surface area contributed by atoms with Gasteiger partial charge in [0.15, 0.2) is 0 Å². The number of carbonyl (C=O) groups is 2. The second-order valence-electron chi connectivity index (χ2n) is 4.77. The average Bonchev–Trinajstić information content (AvgIpc) is 2.37. The summed E-state index contributed by atoms with van der Waals surface area (Å²) in [5.41, 5.74) is 0. The number of methoxy groups -OCH3 is 1. The fraction of sp³-hybridized carbons (Fsp3) is 0.833. The van der Waals surface area contributed by atoms with Crippen molar-refractivity contribution in [2.75, 3.05) is 53.9 Å². The maximum Gasteiger partial charge on any atom is 0.251 e. The predicted molar refractivity (Wildman–Crippen MR) is 68.2 cm³/mol. The van der Waals surface area contributed by atoms with Crippen molar-refractivity contribution in [3.8, 4) is 0 Å². The van der Waals surface area contributed by atoms with E-state index < -0.39 is 0 Å². The van der Waals surface area contributed by atoms with Crippen LogP contribution in [0.15, 0.2) is 0 Å². The highest BCUT2D eigenvalue weighted by atomic mass is 16.5. The van der Waals surface area contributed by atoms with Gasteiger partial charge in [-0.3, -0.25) is 14.5 Å². The lowest BCUT2D eigenvalue weighted by molar-refractivity contribution is -0.143. The van der Waals surface area contributed by atoms with E-state index in [1.165, 1.54) is 7.11 Å². The second kappa shape index (κ2) is 6.70. The van der Waals surface area contributed by atoms with Crippen molar-refractivity contribution in [3.05, 3.63) is 0 Å². The molecule has 1 heterocycles. The molecule has 0 aliphatic carbocycles. The quantitative estimate of drug-likeness (QED) is 0.665. The first-order valence-corrected chi connectivity index (χ1v) is 6.19. The van der Waals surface area contributed by atoms with Crippen molar-refractivity contribution >= 4 is 11.8 Å². The Bertz CT molecular complexity index is 299.